The van der Waals surface area contributed by atoms with E-state index in [0.717, 1.165) is 22.1 Å². The van der Waals surface area contributed by atoms with Crippen LogP contribution >= 0.6 is 0 Å². The highest BCUT2D eigenvalue weighted by Gasteiger charge is 2.17. The number of allylic oxidation sites excluding steroid dienone is 1. The largest absolute Gasteiger partial charge is 0.497 e. The van der Waals surface area contributed by atoms with E-state index in [1.807, 2.05) is 13.0 Å². The standard InChI is InChI=1S/C24H19FN8O/c1-13(10-27-12-26-2)15-8-19-21(32-33-22(19)29-11-15)24-30-20-18(4-5-28-23(20)31-24)14-6-16(25)9-17(7-14)34-3/h4-12H,2H2,1,3H3,(H,28,30,31)(H,29,32,33)/b13-10+,27-12?. The van der Waals surface area contributed by atoms with E-state index in [-0.39, 0.29) is 0 Å². The summed E-state index contributed by atoms with van der Waals surface area (Å²) in [4.78, 5) is 24.4. The van der Waals surface area contributed by atoms with Gasteiger partial charge >= 0.3 is 0 Å². The second-order valence-corrected chi connectivity index (χ2v) is 7.48. The number of methoxy groups -OCH3 is 1. The molecule has 0 unspecified atom stereocenters. The van der Waals surface area contributed by atoms with Crippen molar-refractivity contribution in [1.29, 1.82) is 0 Å². The fraction of sp³-hybridized carbons (Fsp3) is 0.0833. The van der Waals surface area contributed by atoms with Gasteiger partial charge in [-0.25, -0.2) is 24.3 Å². The Kier molecular flexibility index (Phi) is 5.38. The molecule has 0 radical (unpaired) electrons. The van der Waals surface area contributed by atoms with Crippen LogP contribution in [0.3, 0.4) is 0 Å². The van der Waals surface area contributed by atoms with Gasteiger partial charge in [0, 0.05) is 30.2 Å². The van der Waals surface area contributed by atoms with Crippen LogP contribution in [0.5, 0.6) is 5.75 Å². The summed E-state index contributed by atoms with van der Waals surface area (Å²) in [6.07, 6.45) is 6.41. The quantitative estimate of drug-likeness (QED) is 0.282. The Morgan fingerprint density at radius 3 is 2.88 bits per heavy atom. The highest BCUT2D eigenvalue weighted by atomic mass is 19.1. The molecule has 9 nitrogen and oxygen atoms in total. The first-order valence-electron chi connectivity index (χ1n) is 10.3. The number of aromatic amines is 2. The van der Waals surface area contributed by atoms with E-state index < -0.39 is 5.82 Å². The number of aliphatic imine (C=N–C) groups is 2. The molecule has 0 aliphatic rings. The molecule has 2 N–H and O–H groups in total. The number of imidazole rings is 1. The van der Waals surface area contributed by atoms with Crippen LogP contribution < -0.4 is 4.74 Å². The van der Waals surface area contributed by atoms with Crippen molar-refractivity contribution >= 4 is 40.8 Å². The molecule has 0 aliphatic carbocycles. The average molecular weight is 454 g/mol. The summed E-state index contributed by atoms with van der Waals surface area (Å²) < 4.78 is 19.4. The molecule has 5 rings (SSSR count). The van der Waals surface area contributed by atoms with Crippen LogP contribution in [0.2, 0.25) is 0 Å². The minimum atomic E-state index is -0.395. The van der Waals surface area contributed by atoms with Crippen LogP contribution in [0.4, 0.5) is 4.39 Å². The van der Waals surface area contributed by atoms with E-state index in [0.29, 0.717) is 39.6 Å². The molecule has 0 spiro atoms. The van der Waals surface area contributed by atoms with Gasteiger partial charge in [-0.1, -0.05) is 0 Å². The van der Waals surface area contributed by atoms with Crippen LogP contribution in [-0.4, -0.2) is 50.3 Å². The highest BCUT2D eigenvalue weighted by molar-refractivity contribution is 5.95. The molecule has 0 saturated heterocycles. The zero-order valence-corrected chi connectivity index (χ0v) is 18.4. The van der Waals surface area contributed by atoms with Gasteiger partial charge in [0.15, 0.2) is 17.1 Å². The Morgan fingerprint density at radius 1 is 1.18 bits per heavy atom. The lowest BCUT2D eigenvalue weighted by Crippen LogP contribution is -1.88. The van der Waals surface area contributed by atoms with Crippen molar-refractivity contribution in [2.24, 2.45) is 9.98 Å². The summed E-state index contributed by atoms with van der Waals surface area (Å²) in [7, 11) is 1.50. The van der Waals surface area contributed by atoms with E-state index in [2.05, 4.69) is 46.8 Å². The lowest BCUT2D eigenvalue weighted by molar-refractivity contribution is 0.411. The average Bonchev–Trinajstić information content (AvgIpc) is 3.47. The fourth-order valence-corrected chi connectivity index (χ4v) is 3.67. The zero-order valence-electron chi connectivity index (χ0n) is 18.4. The van der Waals surface area contributed by atoms with Gasteiger partial charge < -0.3 is 9.72 Å². The van der Waals surface area contributed by atoms with Gasteiger partial charge in [0.2, 0.25) is 0 Å². The SMILES string of the molecule is C=NC=N/C=C(\C)c1cnc2n[nH]c(-c3nc4nccc(-c5cc(F)cc(OC)c5)c4[nH]3)c2c1. The molecule has 0 atom stereocenters. The van der Waals surface area contributed by atoms with E-state index >= 15 is 0 Å². The number of aromatic nitrogens is 6. The monoisotopic (exact) mass is 454 g/mol. The predicted molar refractivity (Wildman–Crippen MR) is 130 cm³/mol. The van der Waals surface area contributed by atoms with Crippen molar-refractivity contribution in [2.45, 2.75) is 6.92 Å². The molecule has 0 saturated carbocycles. The predicted octanol–water partition coefficient (Wildman–Crippen LogP) is 4.80. The minimum Gasteiger partial charge on any atom is -0.497 e. The maximum absolute atomic E-state index is 14.1. The Hall–Kier alpha value is -4.73. The maximum Gasteiger partial charge on any atom is 0.181 e. The second kappa shape index (κ2) is 8.66. The Labute approximate surface area is 193 Å². The van der Waals surface area contributed by atoms with Gasteiger partial charge in [-0.2, -0.15) is 5.10 Å². The molecule has 0 bridgehead atoms. The number of nitrogens with zero attached hydrogens (tertiary/aromatic N) is 6. The van der Waals surface area contributed by atoms with Crippen LogP contribution in [0.15, 0.2) is 58.9 Å². The van der Waals surface area contributed by atoms with E-state index in [1.165, 1.54) is 25.6 Å². The number of pyridine rings is 2. The molecule has 1 aromatic carbocycles. The van der Waals surface area contributed by atoms with E-state index in [9.17, 15) is 4.39 Å². The first-order valence-corrected chi connectivity index (χ1v) is 10.3. The normalized spacial score (nSPS) is 12.1. The van der Waals surface area contributed by atoms with Crippen molar-refractivity contribution < 1.29 is 9.13 Å². The minimum absolute atomic E-state index is 0.395. The number of hydrogen-bond acceptors (Lipinski definition) is 6. The highest BCUT2D eigenvalue weighted by Crippen LogP contribution is 2.32. The molecule has 4 heterocycles. The van der Waals surface area contributed by atoms with Gasteiger partial charge in [-0.05, 0) is 54.6 Å². The number of benzene rings is 1. The topological polar surface area (TPSA) is 117 Å². The molecular formula is C24H19FN8O. The van der Waals surface area contributed by atoms with E-state index in [4.69, 9.17) is 4.74 Å². The molecule has 34 heavy (non-hydrogen) atoms. The molecule has 5 aromatic rings. The van der Waals surface area contributed by atoms with Crippen molar-refractivity contribution in [2.75, 3.05) is 7.11 Å². The van der Waals surface area contributed by atoms with Crippen molar-refractivity contribution in [3.8, 4) is 28.4 Å². The van der Waals surface area contributed by atoms with Crippen LogP contribution in [0, 0.1) is 5.82 Å². The number of fused-ring (bicyclic) bond motifs is 2. The number of hydrogen-bond donors (Lipinski definition) is 2. The second-order valence-electron chi connectivity index (χ2n) is 7.48. The van der Waals surface area contributed by atoms with Crippen molar-refractivity contribution in [1.82, 2.24) is 30.1 Å². The zero-order chi connectivity index (χ0) is 23.7. The lowest BCUT2D eigenvalue weighted by Gasteiger charge is -2.06. The number of ether oxygens (including phenoxy) is 1. The van der Waals surface area contributed by atoms with E-state index in [1.54, 1.807) is 30.7 Å². The summed E-state index contributed by atoms with van der Waals surface area (Å²) in [5.41, 5.74) is 5.53. The maximum atomic E-state index is 14.1. The molecule has 0 amide bonds. The first-order chi connectivity index (χ1) is 16.6. The number of rotatable bonds is 6. The van der Waals surface area contributed by atoms with Gasteiger partial charge in [0.25, 0.3) is 0 Å². The smallest absolute Gasteiger partial charge is 0.181 e. The van der Waals surface area contributed by atoms with Gasteiger partial charge in [0.05, 0.1) is 18.0 Å². The summed E-state index contributed by atoms with van der Waals surface area (Å²) >= 11 is 0. The molecular weight excluding hydrogens is 435 g/mol. The Morgan fingerprint density at radius 2 is 2.06 bits per heavy atom. The summed E-state index contributed by atoms with van der Waals surface area (Å²) in [5, 5.41) is 8.09. The Balaban J connectivity index is 1.62. The number of nitrogens with one attached hydrogen (secondary N) is 2. The molecule has 0 fully saturated rings. The summed E-state index contributed by atoms with van der Waals surface area (Å²) in [6.45, 7) is 5.30. The van der Waals surface area contributed by atoms with Crippen LogP contribution in [0.25, 0.3) is 50.4 Å². The molecule has 0 aliphatic heterocycles. The lowest BCUT2D eigenvalue weighted by atomic mass is 10.1. The summed E-state index contributed by atoms with van der Waals surface area (Å²) in [5.74, 6) is 0.568. The summed E-state index contributed by atoms with van der Waals surface area (Å²) in [6, 6.07) is 8.30. The third-order valence-electron chi connectivity index (χ3n) is 5.33. The molecule has 168 valence electrons. The third-order valence-corrected chi connectivity index (χ3v) is 5.33. The van der Waals surface area contributed by atoms with Crippen molar-refractivity contribution in [3.63, 3.8) is 0 Å². The van der Waals surface area contributed by atoms with Gasteiger partial charge in [-0.15, -0.1) is 0 Å². The molecule has 10 heteroatoms. The van der Waals surface area contributed by atoms with Crippen molar-refractivity contribution in [3.05, 3.63) is 60.3 Å². The number of halogens is 1. The Bertz CT molecular complexity index is 1600. The molecule has 4 aromatic heterocycles. The van der Waals surface area contributed by atoms with Crippen LogP contribution in [-0.2, 0) is 0 Å². The fourth-order valence-electron chi connectivity index (χ4n) is 3.67. The van der Waals surface area contributed by atoms with Gasteiger partial charge in [-0.3, -0.25) is 10.1 Å². The first kappa shape index (κ1) is 21.1. The van der Waals surface area contributed by atoms with Gasteiger partial charge in [0.1, 0.15) is 23.6 Å². The van der Waals surface area contributed by atoms with Crippen LogP contribution in [0.1, 0.15) is 12.5 Å². The number of H-pyrrole nitrogens is 2. The third kappa shape index (κ3) is 3.81.